The number of rotatable bonds is 8. The third-order valence-corrected chi connectivity index (χ3v) is 2.68. The third-order valence-electron chi connectivity index (χ3n) is 2.68. The molecule has 1 aromatic carbocycles. The van der Waals surface area contributed by atoms with Crippen LogP contribution < -0.4 is 4.74 Å². The van der Waals surface area contributed by atoms with E-state index in [1.165, 1.54) is 5.56 Å². The van der Waals surface area contributed by atoms with Crippen molar-refractivity contribution >= 4 is 5.91 Å². The predicted octanol–water partition coefficient (Wildman–Crippen LogP) is 1.77. The Balaban J connectivity index is 2.36. The van der Waals surface area contributed by atoms with E-state index in [1.807, 2.05) is 31.2 Å². The van der Waals surface area contributed by atoms with E-state index in [0.29, 0.717) is 26.1 Å². The largest absolute Gasteiger partial charge is 0.493 e. The maximum absolute atomic E-state index is 11.9. The molecular weight excluding hydrogens is 242 g/mol. The van der Waals surface area contributed by atoms with E-state index < -0.39 is 0 Å². The molecule has 1 amide bonds. The summed E-state index contributed by atoms with van der Waals surface area (Å²) < 4.78 is 5.50. The van der Waals surface area contributed by atoms with Gasteiger partial charge in [0, 0.05) is 13.1 Å². The van der Waals surface area contributed by atoms with E-state index in [-0.39, 0.29) is 12.5 Å². The lowest BCUT2D eigenvalue weighted by Crippen LogP contribution is -2.34. The van der Waals surface area contributed by atoms with E-state index in [4.69, 9.17) is 9.84 Å². The normalized spacial score (nSPS) is 10.0. The van der Waals surface area contributed by atoms with Crippen molar-refractivity contribution in [3.05, 3.63) is 42.5 Å². The lowest BCUT2D eigenvalue weighted by molar-refractivity contribution is -0.131. The van der Waals surface area contributed by atoms with E-state index in [2.05, 4.69) is 6.58 Å². The first-order valence-corrected chi connectivity index (χ1v) is 6.36. The molecule has 0 unspecified atom stereocenters. The number of hydrogen-bond acceptors (Lipinski definition) is 3. The number of carbonyl (C=O) groups excluding carboxylic acids is 1. The summed E-state index contributed by atoms with van der Waals surface area (Å²) in [4.78, 5) is 13.4. The topological polar surface area (TPSA) is 49.8 Å². The van der Waals surface area contributed by atoms with Crippen molar-refractivity contribution in [2.75, 3.05) is 26.3 Å². The van der Waals surface area contributed by atoms with Crippen molar-refractivity contribution in [2.45, 2.75) is 13.3 Å². The fourth-order valence-electron chi connectivity index (χ4n) is 1.64. The highest BCUT2D eigenvalue weighted by atomic mass is 16.5. The molecule has 0 fully saturated rings. The van der Waals surface area contributed by atoms with Gasteiger partial charge in [0.05, 0.1) is 19.6 Å². The van der Waals surface area contributed by atoms with Crippen molar-refractivity contribution in [2.24, 2.45) is 0 Å². The molecule has 0 heterocycles. The molecule has 0 aliphatic rings. The number of amides is 1. The number of aryl methyl sites for hydroxylation is 1. The number of nitrogens with zero attached hydrogens (tertiary/aromatic N) is 1. The van der Waals surface area contributed by atoms with Crippen LogP contribution in [0.1, 0.15) is 12.0 Å². The number of ether oxygens (including phenoxy) is 1. The van der Waals surface area contributed by atoms with E-state index in [0.717, 1.165) is 5.75 Å². The molecule has 0 atom stereocenters. The van der Waals surface area contributed by atoms with Crippen LogP contribution in [0.2, 0.25) is 0 Å². The van der Waals surface area contributed by atoms with E-state index in [9.17, 15) is 4.79 Å². The van der Waals surface area contributed by atoms with Crippen LogP contribution in [-0.4, -0.2) is 42.2 Å². The SMILES string of the molecule is C=CCN(CCO)C(=O)CCOc1ccc(C)cc1. The second-order valence-corrected chi connectivity index (χ2v) is 4.26. The summed E-state index contributed by atoms with van der Waals surface area (Å²) >= 11 is 0. The molecule has 4 heteroatoms. The van der Waals surface area contributed by atoms with Crippen LogP contribution in [0.3, 0.4) is 0 Å². The van der Waals surface area contributed by atoms with Gasteiger partial charge in [0.25, 0.3) is 0 Å². The van der Waals surface area contributed by atoms with Crippen LogP contribution in [0, 0.1) is 6.92 Å². The molecule has 0 radical (unpaired) electrons. The number of aliphatic hydroxyl groups excluding tert-OH is 1. The minimum atomic E-state index is -0.0433. The summed E-state index contributed by atoms with van der Waals surface area (Å²) in [6.07, 6.45) is 1.94. The molecular formula is C15H21NO3. The molecule has 0 aliphatic heterocycles. The lowest BCUT2D eigenvalue weighted by Gasteiger charge is -2.19. The first-order valence-electron chi connectivity index (χ1n) is 6.36. The number of aliphatic hydroxyl groups is 1. The van der Waals surface area contributed by atoms with Gasteiger partial charge in [0.1, 0.15) is 5.75 Å². The molecule has 1 N–H and O–H groups in total. The van der Waals surface area contributed by atoms with Gasteiger partial charge in [-0.3, -0.25) is 4.79 Å². The Morgan fingerprint density at radius 3 is 2.68 bits per heavy atom. The Morgan fingerprint density at radius 1 is 1.42 bits per heavy atom. The molecule has 0 aliphatic carbocycles. The number of benzene rings is 1. The molecule has 0 saturated heterocycles. The molecule has 0 aromatic heterocycles. The van der Waals surface area contributed by atoms with Gasteiger partial charge in [0.2, 0.25) is 5.91 Å². The lowest BCUT2D eigenvalue weighted by atomic mass is 10.2. The standard InChI is InChI=1S/C15H21NO3/c1-3-9-16(10-11-17)15(18)8-12-19-14-6-4-13(2)5-7-14/h3-7,17H,1,8-12H2,2H3. The Kier molecular flexibility index (Phi) is 6.68. The summed E-state index contributed by atoms with van der Waals surface area (Å²) in [5.41, 5.74) is 1.17. The fraction of sp³-hybridized carbons (Fsp3) is 0.400. The van der Waals surface area contributed by atoms with E-state index >= 15 is 0 Å². The van der Waals surface area contributed by atoms with E-state index in [1.54, 1.807) is 11.0 Å². The highest BCUT2D eigenvalue weighted by Gasteiger charge is 2.11. The summed E-state index contributed by atoms with van der Waals surface area (Å²) in [7, 11) is 0. The Morgan fingerprint density at radius 2 is 2.11 bits per heavy atom. The fourth-order valence-corrected chi connectivity index (χ4v) is 1.64. The Hall–Kier alpha value is -1.81. The molecule has 1 aromatic rings. The molecule has 0 saturated carbocycles. The zero-order valence-corrected chi connectivity index (χ0v) is 11.3. The quantitative estimate of drug-likeness (QED) is 0.727. The third kappa shape index (κ3) is 5.57. The van der Waals surface area contributed by atoms with Gasteiger partial charge in [-0.15, -0.1) is 6.58 Å². The maximum Gasteiger partial charge on any atom is 0.226 e. The first-order chi connectivity index (χ1) is 9.17. The molecule has 1 rings (SSSR count). The second kappa shape index (κ2) is 8.32. The maximum atomic E-state index is 11.9. The van der Waals surface area contributed by atoms with Crippen LogP contribution in [-0.2, 0) is 4.79 Å². The summed E-state index contributed by atoms with van der Waals surface area (Å²) in [5, 5.41) is 8.88. The van der Waals surface area contributed by atoms with Crippen molar-refractivity contribution in [1.82, 2.24) is 4.90 Å². The molecule has 0 spiro atoms. The number of carbonyl (C=O) groups is 1. The minimum Gasteiger partial charge on any atom is -0.493 e. The van der Waals surface area contributed by atoms with Crippen molar-refractivity contribution < 1.29 is 14.6 Å². The first kappa shape index (κ1) is 15.2. The average molecular weight is 263 g/mol. The summed E-state index contributed by atoms with van der Waals surface area (Å²) in [5.74, 6) is 0.719. The Bertz CT molecular complexity index is 400. The predicted molar refractivity (Wildman–Crippen MR) is 75.2 cm³/mol. The zero-order valence-electron chi connectivity index (χ0n) is 11.3. The van der Waals surface area contributed by atoms with Crippen molar-refractivity contribution in [1.29, 1.82) is 0 Å². The van der Waals surface area contributed by atoms with Crippen molar-refractivity contribution in [3.8, 4) is 5.75 Å². The van der Waals surface area contributed by atoms with Crippen LogP contribution in [0.15, 0.2) is 36.9 Å². The molecule has 4 nitrogen and oxygen atoms in total. The highest BCUT2D eigenvalue weighted by molar-refractivity contribution is 5.76. The molecule has 104 valence electrons. The van der Waals surface area contributed by atoms with Gasteiger partial charge < -0.3 is 14.7 Å². The van der Waals surface area contributed by atoms with Crippen molar-refractivity contribution in [3.63, 3.8) is 0 Å². The number of hydrogen-bond donors (Lipinski definition) is 1. The smallest absolute Gasteiger partial charge is 0.226 e. The van der Waals surface area contributed by atoms with Gasteiger partial charge in [-0.25, -0.2) is 0 Å². The van der Waals surface area contributed by atoms with Gasteiger partial charge in [-0.1, -0.05) is 23.8 Å². The summed E-state index contributed by atoms with van der Waals surface area (Å²) in [6, 6.07) is 7.70. The zero-order chi connectivity index (χ0) is 14.1. The average Bonchev–Trinajstić information content (AvgIpc) is 2.40. The van der Waals surface area contributed by atoms with Crippen LogP contribution >= 0.6 is 0 Å². The monoisotopic (exact) mass is 263 g/mol. The highest BCUT2D eigenvalue weighted by Crippen LogP contribution is 2.11. The van der Waals surface area contributed by atoms with Gasteiger partial charge in [-0.05, 0) is 19.1 Å². The Labute approximate surface area is 114 Å². The molecule has 0 bridgehead atoms. The van der Waals surface area contributed by atoms with Gasteiger partial charge in [0.15, 0.2) is 0 Å². The minimum absolute atomic E-state index is 0.0407. The molecule has 19 heavy (non-hydrogen) atoms. The van der Waals surface area contributed by atoms with Gasteiger partial charge >= 0.3 is 0 Å². The van der Waals surface area contributed by atoms with Gasteiger partial charge in [-0.2, -0.15) is 0 Å². The summed E-state index contributed by atoms with van der Waals surface area (Å²) in [6.45, 7) is 6.67. The second-order valence-electron chi connectivity index (χ2n) is 4.26. The van der Waals surface area contributed by atoms with Crippen LogP contribution in [0.5, 0.6) is 5.75 Å². The van der Waals surface area contributed by atoms with Crippen LogP contribution in [0.4, 0.5) is 0 Å². The van der Waals surface area contributed by atoms with Crippen LogP contribution in [0.25, 0.3) is 0 Å².